The minimum absolute atomic E-state index is 0.0337. The standard InChI is InChI=1S/C21H27FN4O4S2/c1-3-24-32(28,29)21-18(20(27)30-2)16-8-9-26(12-17(16)31-21)11-14-10-23-25-19(14)13-4-6-15(22)7-5-13/h4-7,14,19,23-25H,3,8-12H2,1-2H3. The predicted octanol–water partition coefficient (Wildman–Crippen LogP) is 1.80. The van der Waals surface area contributed by atoms with Crippen LogP contribution in [-0.4, -0.2) is 52.6 Å². The number of benzene rings is 1. The minimum atomic E-state index is -3.78. The molecule has 1 saturated heterocycles. The van der Waals surface area contributed by atoms with E-state index in [1.807, 2.05) is 0 Å². The lowest BCUT2D eigenvalue weighted by atomic mass is 9.93. The lowest BCUT2D eigenvalue weighted by Crippen LogP contribution is -2.36. The van der Waals surface area contributed by atoms with E-state index in [0.29, 0.717) is 19.5 Å². The highest BCUT2D eigenvalue weighted by Gasteiger charge is 2.36. The van der Waals surface area contributed by atoms with Crippen molar-refractivity contribution in [3.8, 4) is 0 Å². The molecule has 1 aromatic heterocycles. The summed E-state index contributed by atoms with van der Waals surface area (Å²) < 4.78 is 46.1. The number of hydrazine groups is 1. The Morgan fingerprint density at radius 1 is 1.34 bits per heavy atom. The van der Waals surface area contributed by atoms with Crippen LogP contribution >= 0.6 is 11.3 Å². The fraction of sp³-hybridized carbons (Fsp3) is 0.476. The van der Waals surface area contributed by atoms with Crippen LogP contribution < -0.4 is 15.6 Å². The third-order valence-electron chi connectivity index (χ3n) is 5.89. The van der Waals surface area contributed by atoms with Crippen LogP contribution in [0.1, 0.15) is 39.3 Å². The Bertz CT molecular complexity index is 1090. The predicted molar refractivity (Wildman–Crippen MR) is 119 cm³/mol. The highest BCUT2D eigenvalue weighted by molar-refractivity contribution is 7.91. The zero-order chi connectivity index (χ0) is 22.9. The second-order valence-corrected chi connectivity index (χ2v) is 11.0. The van der Waals surface area contributed by atoms with Gasteiger partial charge in [-0.15, -0.1) is 11.3 Å². The molecule has 0 amide bonds. The van der Waals surface area contributed by atoms with Crippen molar-refractivity contribution in [2.75, 3.05) is 33.3 Å². The number of nitrogens with one attached hydrogen (secondary N) is 3. The highest BCUT2D eigenvalue weighted by atomic mass is 32.2. The third-order valence-corrected chi connectivity index (χ3v) is 9.17. The third kappa shape index (κ3) is 4.59. The zero-order valence-corrected chi connectivity index (χ0v) is 19.6. The minimum Gasteiger partial charge on any atom is -0.465 e. The number of thiophene rings is 1. The Balaban J connectivity index is 1.55. The van der Waals surface area contributed by atoms with E-state index in [4.69, 9.17) is 4.74 Å². The number of carbonyl (C=O) groups is 1. The fourth-order valence-corrected chi connectivity index (χ4v) is 7.41. The van der Waals surface area contributed by atoms with Crippen LogP contribution in [0.3, 0.4) is 0 Å². The molecule has 2 aliphatic rings. The van der Waals surface area contributed by atoms with Gasteiger partial charge in [-0.05, 0) is 29.7 Å². The molecule has 0 bridgehead atoms. The summed E-state index contributed by atoms with van der Waals surface area (Å²) in [6.45, 7) is 4.76. The van der Waals surface area contributed by atoms with E-state index in [1.165, 1.54) is 19.2 Å². The van der Waals surface area contributed by atoms with Gasteiger partial charge in [-0.25, -0.2) is 27.8 Å². The summed E-state index contributed by atoms with van der Waals surface area (Å²) in [4.78, 5) is 15.6. The van der Waals surface area contributed by atoms with Crippen LogP contribution in [0, 0.1) is 11.7 Å². The van der Waals surface area contributed by atoms with Crippen LogP contribution in [0.15, 0.2) is 28.5 Å². The van der Waals surface area contributed by atoms with Gasteiger partial charge in [0, 0.05) is 43.5 Å². The number of halogens is 1. The van der Waals surface area contributed by atoms with Crippen LogP contribution in [0.2, 0.25) is 0 Å². The van der Waals surface area contributed by atoms with Gasteiger partial charge in [0.25, 0.3) is 10.0 Å². The monoisotopic (exact) mass is 482 g/mol. The Morgan fingerprint density at radius 3 is 2.78 bits per heavy atom. The first-order valence-electron chi connectivity index (χ1n) is 10.5. The van der Waals surface area contributed by atoms with Crippen molar-refractivity contribution in [1.82, 2.24) is 20.5 Å². The maximum Gasteiger partial charge on any atom is 0.340 e. The van der Waals surface area contributed by atoms with Crippen LogP contribution in [-0.2, 0) is 27.7 Å². The molecular formula is C21H27FN4O4S2. The van der Waals surface area contributed by atoms with Crippen LogP contribution in [0.5, 0.6) is 0 Å². The Hall–Kier alpha value is -1.89. The summed E-state index contributed by atoms with van der Waals surface area (Å²) in [6, 6.07) is 6.57. The van der Waals surface area contributed by atoms with E-state index in [-0.39, 0.29) is 34.1 Å². The second-order valence-electron chi connectivity index (χ2n) is 7.96. The smallest absolute Gasteiger partial charge is 0.340 e. The average Bonchev–Trinajstić information content (AvgIpc) is 3.38. The number of sulfonamides is 1. The van der Waals surface area contributed by atoms with Gasteiger partial charge in [0.15, 0.2) is 0 Å². The van der Waals surface area contributed by atoms with Crippen molar-refractivity contribution < 1.29 is 22.3 Å². The first-order chi connectivity index (χ1) is 15.3. The van der Waals surface area contributed by atoms with Crippen LogP contribution in [0.4, 0.5) is 4.39 Å². The largest absolute Gasteiger partial charge is 0.465 e. The molecule has 1 aromatic carbocycles. The van der Waals surface area contributed by atoms with Gasteiger partial charge in [-0.2, -0.15) is 0 Å². The molecule has 32 heavy (non-hydrogen) atoms. The number of rotatable bonds is 7. The van der Waals surface area contributed by atoms with E-state index in [1.54, 1.807) is 19.1 Å². The summed E-state index contributed by atoms with van der Waals surface area (Å²) in [6.07, 6.45) is 0.576. The molecule has 2 atom stereocenters. The summed E-state index contributed by atoms with van der Waals surface area (Å²) in [5.41, 5.74) is 8.43. The molecule has 0 saturated carbocycles. The summed E-state index contributed by atoms with van der Waals surface area (Å²) in [5.74, 6) is -0.623. The van der Waals surface area contributed by atoms with Crippen molar-refractivity contribution in [3.63, 3.8) is 0 Å². The summed E-state index contributed by atoms with van der Waals surface area (Å²) >= 11 is 1.15. The number of ether oxygens (including phenoxy) is 1. The molecule has 3 N–H and O–H groups in total. The van der Waals surface area contributed by atoms with Gasteiger partial charge in [0.1, 0.15) is 10.0 Å². The van der Waals surface area contributed by atoms with E-state index >= 15 is 0 Å². The molecular weight excluding hydrogens is 455 g/mol. The number of carbonyl (C=O) groups excluding carboxylic acids is 1. The molecule has 11 heteroatoms. The van der Waals surface area contributed by atoms with E-state index in [2.05, 4.69) is 20.5 Å². The van der Waals surface area contributed by atoms with Gasteiger partial charge >= 0.3 is 5.97 Å². The van der Waals surface area contributed by atoms with Crippen molar-refractivity contribution >= 4 is 27.3 Å². The Labute approximate surface area is 191 Å². The molecule has 2 aliphatic heterocycles. The Kier molecular flexibility index (Phi) is 6.94. The lowest BCUT2D eigenvalue weighted by molar-refractivity contribution is 0.0595. The summed E-state index contributed by atoms with van der Waals surface area (Å²) in [5, 5.41) is 0. The Morgan fingerprint density at radius 2 is 2.09 bits per heavy atom. The quantitative estimate of drug-likeness (QED) is 0.518. The van der Waals surface area contributed by atoms with Gasteiger partial charge in [-0.1, -0.05) is 19.1 Å². The average molecular weight is 483 g/mol. The van der Waals surface area contributed by atoms with Gasteiger partial charge in [0.05, 0.1) is 18.7 Å². The molecule has 4 rings (SSSR count). The normalized spacial score (nSPS) is 21.5. The number of nitrogens with zero attached hydrogens (tertiary/aromatic N) is 1. The van der Waals surface area contributed by atoms with E-state index in [0.717, 1.165) is 40.4 Å². The maximum atomic E-state index is 13.3. The van der Waals surface area contributed by atoms with Crippen molar-refractivity contribution in [2.24, 2.45) is 5.92 Å². The molecule has 174 valence electrons. The number of esters is 1. The molecule has 0 radical (unpaired) electrons. The maximum absolute atomic E-state index is 13.3. The molecule has 2 aromatic rings. The lowest BCUT2D eigenvalue weighted by Gasteiger charge is -2.31. The van der Waals surface area contributed by atoms with Gasteiger partial charge in [0.2, 0.25) is 0 Å². The molecule has 1 fully saturated rings. The van der Waals surface area contributed by atoms with Crippen molar-refractivity contribution in [1.29, 1.82) is 0 Å². The highest BCUT2D eigenvalue weighted by Crippen LogP contribution is 2.37. The van der Waals surface area contributed by atoms with Crippen LogP contribution in [0.25, 0.3) is 0 Å². The first-order valence-corrected chi connectivity index (χ1v) is 12.8. The molecule has 0 spiro atoms. The molecule has 2 unspecified atom stereocenters. The van der Waals surface area contributed by atoms with Gasteiger partial charge < -0.3 is 4.74 Å². The van der Waals surface area contributed by atoms with Gasteiger partial charge in [-0.3, -0.25) is 10.3 Å². The fourth-order valence-electron chi connectivity index (χ4n) is 4.40. The second kappa shape index (κ2) is 9.54. The topological polar surface area (TPSA) is 99.8 Å². The number of hydrogen-bond donors (Lipinski definition) is 3. The number of hydrogen-bond acceptors (Lipinski definition) is 8. The number of fused-ring (bicyclic) bond motifs is 1. The van der Waals surface area contributed by atoms with Crippen molar-refractivity contribution in [2.45, 2.75) is 30.1 Å². The SMILES string of the molecule is CCNS(=O)(=O)c1sc2c(c1C(=O)OC)CCN(CC1CNNC1c1ccc(F)cc1)C2. The first kappa shape index (κ1) is 23.3. The van der Waals surface area contributed by atoms with E-state index < -0.39 is 16.0 Å². The molecule has 0 aliphatic carbocycles. The van der Waals surface area contributed by atoms with E-state index in [9.17, 15) is 17.6 Å². The summed E-state index contributed by atoms with van der Waals surface area (Å²) in [7, 11) is -2.52. The zero-order valence-electron chi connectivity index (χ0n) is 18.0. The number of methoxy groups -OCH3 is 1. The molecule has 3 heterocycles. The van der Waals surface area contributed by atoms with Crippen molar-refractivity contribution in [3.05, 3.63) is 51.7 Å². The molecule has 8 nitrogen and oxygen atoms in total.